The molecule has 1 aliphatic rings. The zero-order chi connectivity index (χ0) is 19.6. The molecule has 138 valence electrons. The van der Waals surface area contributed by atoms with Crippen LogP contribution < -0.4 is 15.0 Å². The van der Waals surface area contributed by atoms with Crippen molar-refractivity contribution < 1.29 is 19.1 Å². The quantitative estimate of drug-likeness (QED) is 0.615. The molecule has 27 heavy (non-hydrogen) atoms. The van der Waals surface area contributed by atoms with Crippen LogP contribution in [0.4, 0.5) is 10.5 Å². The predicted octanol–water partition coefficient (Wildman–Crippen LogP) is 4.06. The van der Waals surface area contributed by atoms with Gasteiger partial charge in [0.2, 0.25) is 0 Å². The van der Waals surface area contributed by atoms with Crippen LogP contribution in [-0.2, 0) is 9.59 Å². The van der Waals surface area contributed by atoms with Gasteiger partial charge in [0.25, 0.3) is 11.8 Å². The number of imide groups is 2. The third-order valence-electron chi connectivity index (χ3n) is 3.78. The van der Waals surface area contributed by atoms with Crippen LogP contribution in [0.3, 0.4) is 0 Å². The van der Waals surface area contributed by atoms with E-state index in [4.69, 9.17) is 27.9 Å². The Bertz CT molecular complexity index is 955. The number of carbonyl (C=O) groups is 3. The van der Waals surface area contributed by atoms with Crippen LogP contribution in [-0.4, -0.2) is 24.5 Å². The number of rotatable bonds is 4. The maximum atomic E-state index is 12.8. The van der Waals surface area contributed by atoms with Crippen molar-refractivity contribution in [3.63, 3.8) is 0 Å². The lowest BCUT2D eigenvalue weighted by Gasteiger charge is -2.27. The molecule has 0 radical (unpaired) electrons. The number of amides is 4. The minimum absolute atomic E-state index is 0.0393. The van der Waals surface area contributed by atoms with Crippen LogP contribution in [0.1, 0.15) is 12.5 Å². The summed E-state index contributed by atoms with van der Waals surface area (Å²) in [6.45, 7) is 2.40. The molecule has 0 bridgehead atoms. The number of ether oxygens (including phenoxy) is 1. The van der Waals surface area contributed by atoms with E-state index in [9.17, 15) is 14.4 Å². The van der Waals surface area contributed by atoms with Crippen LogP contribution in [0.25, 0.3) is 6.08 Å². The van der Waals surface area contributed by atoms with Gasteiger partial charge in [-0.25, -0.2) is 9.69 Å². The number of barbiturate groups is 1. The van der Waals surface area contributed by atoms with Gasteiger partial charge in [-0.2, -0.15) is 0 Å². The number of carbonyl (C=O) groups excluding carboxylic acids is 3. The van der Waals surface area contributed by atoms with Crippen molar-refractivity contribution in [2.24, 2.45) is 0 Å². The van der Waals surface area contributed by atoms with Crippen molar-refractivity contribution in [1.29, 1.82) is 0 Å². The summed E-state index contributed by atoms with van der Waals surface area (Å²) in [5.41, 5.74) is 0.495. The highest BCUT2D eigenvalue weighted by Crippen LogP contribution is 2.34. The third kappa shape index (κ3) is 3.82. The number of nitrogens with one attached hydrogen (secondary N) is 1. The summed E-state index contributed by atoms with van der Waals surface area (Å²) in [5, 5.41) is 2.36. The molecule has 1 saturated heterocycles. The zero-order valence-corrected chi connectivity index (χ0v) is 15.7. The summed E-state index contributed by atoms with van der Waals surface area (Å²) in [6, 6.07) is 10.5. The fourth-order valence-corrected chi connectivity index (χ4v) is 2.92. The second-order valence-corrected chi connectivity index (χ2v) is 6.32. The second kappa shape index (κ2) is 7.82. The fourth-order valence-electron chi connectivity index (χ4n) is 2.53. The Morgan fingerprint density at radius 3 is 2.44 bits per heavy atom. The van der Waals surface area contributed by atoms with E-state index in [0.717, 1.165) is 4.90 Å². The fraction of sp³-hybridized carbons (Fsp3) is 0.105. The van der Waals surface area contributed by atoms with E-state index in [1.54, 1.807) is 30.3 Å². The monoisotopic (exact) mass is 404 g/mol. The van der Waals surface area contributed by atoms with Crippen molar-refractivity contribution in [1.82, 2.24) is 5.32 Å². The third-order valence-corrected chi connectivity index (χ3v) is 4.58. The lowest BCUT2D eigenvalue weighted by atomic mass is 10.1. The van der Waals surface area contributed by atoms with Crippen molar-refractivity contribution in [2.45, 2.75) is 6.92 Å². The van der Waals surface area contributed by atoms with Crippen LogP contribution in [0.5, 0.6) is 5.75 Å². The first-order valence-electron chi connectivity index (χ1n) is 8.00. The smallest absolute Gasteiger partial charge is 0.336 e. The van der Waals surface area contributed by atoms with Gasteiger partial charge < -0.3 is 4.74 Å². The van der Waals surface area contributed by atoms with Crippen LogP contribution in [0, 0.1) is 0 Å². The molecule has 4 amide bonds. The van der Waals surface area contributed by atoms with Gasteiger partial charge in [-0.05, 0) is 42.8 Å². The number of halogens is 2. The zero-order valence-electron chi connectivity index (χ0n) is 14.2. The first kappa shape index (κ1) is 18.9. The lowest BCUT2D eigenvalue weighted by Crippen LogP contribution is -2.54. The van der Waals surface area contributed by atoms with Crippen LogP contribution in [0.15, 0.2) is 48.0 Å². The Labute approximate surface area is 165 Å². The Kier molecular flexibility index (Phi) is 5.48. The Morgan fingerprint density at radius 1 is 1.07 bits per heavy atom. The predicted molar refractivity (Wildman–Crippen MR) is 103 cm³/mol. The molecule has 0 atom stereocenters. The van der Waals surface area contributed by atoms with Gasteiger partial charge in [-0.1, -0.05) is 41.4 Å². The largest absolute Gasteiger partial charge is 0.494 e. The standard InChI is InChI=1S/C19H14Cl2N2O4/c1-2-27-12-8-6-11(7-9-12)10-13-17(24)22-19(26)23(18(13)25)15-5-3-4-14(20)16(15)21/h3-10H,2H2,1H3,(H,22,24,26)/b13-10+. The van der Waals surface area contributed by atoms with Gasteiger partial charge >= 0.3 is 6.03 Å². The molecule has 1 aliphatic heterocycles. The lowest BCUT2D eigenvalue weighted by molar-refractivity contribution is -0.122. The number of urea groups is 1. The molecule has 0 spiro atoms. The Balaban J connectivity index is 1.98. The highest BCUT2D eigenvalue weighted by Gasteiger charge is 2.37. The van der Waals surface area contributed by atoms with Crippen LogP contribution >= 0.6 is 23.2 Å². The molecule has 0 aromatic heterocycles. The van der Waals surface area contributed by atoms with E-state index >= 15 is 0 Å². The Hall–Kier alpha value is -2.83. The summed E-state index contributed by atoms with van der Waals surface area (Å²) in [4.78, 5) is 38.0. The number of hydrogen-bond acceptors (Lipinski definition) is 4. The van der Waals surface area contributed by atoms with Gasteiger partial charge in [-0.3, -0.25) is 14.9 Å². The summed E-state index contributed by atoms with van der Waals surface area (Å²) < 4.78 is 5.36. The molecule has 2 aromatic rings. The molecule has 6 nitrogen and oxygen atoms in total. The maximum absolute atomic E-state index is 12.8. The van der Waals surface area contributed by atoms with Crippen LogP contribution in [0.2, 0.25) is 10.0 Å². The van der Waals surface area contributed by atoms with E-state index in [0.29, 0.717) is 17.9 Å². The van der Waals surface area contributed by atoms with E-state index in [-0.39, 0.29) is 21.3 Å². The van der Waals surface area contributed by atoms with Gasteiger partial charge in [0.1, 0.15) is 11.3 Å². The highest BCUT2D eigenvalue weighted by atomic mass is 35.5. The number of nitrogens with zero attached hydrogens (tertiary/aromatic N) is 1. The molecular weight excluding hydrogens is 391 g/mol. The average Bonchev–Trinajstić information content (AvgIpc) is 2.63. The molecule has 1 N–H and O–H groups in total. The maximum Gasteiger partial charge on any atom is 0.336 e. The van der Waals surface area contributed by atoms with Crippen molar-refractivity contribution in [2.75, 3.05) is 11.5 Å². The van der Waals surface area contributed by atoms with E-state index in [1.165, 1.54) is 18.2 Å². The van der Waals surface area contributed by atoms with E-state index in [2.05, 4.69) is 5.32 Å². The molecule has 2 aromatic carbocycles. The van der Waals surface area contributed by atoms with Gasteiger partial charge in [0, 0.05) is 0 Å². The molecule has 0 unspecified atom stereocenters. The molecule has 3 rings (SSSR count). The Morgan fingerprint density at radius 2 is 1.78 bits per heavy atom. The molecule has 0 saturated carbocycles. The van der Waals surface area contributed by atoms with Gasteiger partial charge in [0.15, 0.2) is 0 Å². The summed E-state index contributed by atoms with van der Waals surface area (Å²) >= 11 is 12.1. The summed E-state index contributed by atoms with van der Waals surface area (Å²) in [7, 11) is 0. The van der Waals surface area contributed by atoms with Crippen molar-refractivity contribution >= 4 is 52.8 Å². The number of anilines is 1. The topological polar surface area (TPSA) is 75.7 Å². The van der Waals surface area contributed by atoms with E-state index in [1.807, 2.05) is 6.92 Å². The number of hydrogen-bond donors (Lipinski definition) is 1. The number of benzene rings is 2. The van der Waals surface area contributed by atoms with Crippen molar-refractivity contribution in [3.8, 4) is 5.75 Å². The minimum Gasteiger partial charge on any atom is -0.494 e. The average molecular weight is 405 g/mol. The first-order valence-corrected chi connectivity index (χ1v) is 8.76. The molecule has 1 heterocycles. The summed E-state index contributed by atoms with van der Waals surface area (Å²) in [6.07, 6.45) is 1.39. The molecule has 0 aliphatic carbocycles. The minimum atomic E-state index is -0.891. The summed E-state index contributed by atoms with van der Waals surface area (Å²) in [5.74, 6) is -0.906. The normalized spacial score (nSPS) is 15.9. The SMILES string of the molecule is CCOc1ccc(/C=C2\C(=O)NC(=O)N(c3cccc(Cl)c3Cl)C2=O)cc1. The second-order valence-electron chi connectivity index (χ2n) is 5.53. The van der Waals surface area contributed by atoms with Crippen molar-refractivity contribution in [3.05, 3.63) is 63.6 Å². The first-order chi connectivity index (χ1) is 12.9. The molecule has 8 heteroatoms. The molecular formula is C19H14Cl2N2O4. The van der Waals surface area contributed by atoms with E-state index < -0.39 is 17.8 Å². The molecule has 1 fully saturated rings. The highest BCUT2D eigenvalue weighted by molar-refractivity contribution is 6.46. The van der Waals surface area contributed by atoms with Gasteiger partial charge in [0.05, 0.1) is 22.3 Å². The van der Waals surface area contributed by atoms with Gasteiger partial charge in [-0.15, -0.1) is 0 Å².